The molecule has 0 aliphatic rings. The summed E-state index contributed by atoms with van der Waals surface area (Å²) in [4.78, 5) is 36.6. The third-order valence-corrected chi connectivity index (χ3v) is 3.87. The molecule has 6 heteroatoms. The third-order valence-electron chi connectivity index (χ3n) is 3.87. The molecule has 1 atom stereocenters. The molecule has 0 aliphatic carbocycles. The van der Waals surface area contributed by atoms with Crippen LogP contribution in [0.15, 0.2) is 57.7 Å². The lowest BCUT2D eigenvalue weighted by molar-refractivity contribution is 0.0289. The topological polar surface area (TPSA) is 73.6 Å². The second-order valence-corrected chi connectivity index (χ2v) is 5.89. The summed E-state index contributed by atoms with van der Waals surface area (Å²) >= 11 is 0. The standard InChI is InChI=1S/C20H15FO5/c1-11-3-8-17-15(9-11)16(22)10-18(26-17)20(24)25-12(2)19(23)13-4-6-14(21)7-5-13/h3-10,12H,1-2H3/t12-/m0/s1. The van der Waals surface area contributed by atoms with Gasteiger partial charge < -0.3 is 9.15 Å². The van der Waals surface area contributed by atoms with Crippen LogP contribution in [0.4, 0.5) is 4.39 Å². The SMILES string of the molecule is Cc1ccc2oc(C(=O)O[C@@H](C)C(=O)c3ccc(F)cc3)cc(=O)c2c1. The summed E-state index contributed by atoms with van der Waals surface area (Å²) in [6.07, 6.45) is -1.12. The van der Waals surface area contributed by atoms with Crippen LogP contribution in [0.2, 0.25) is 0 Å². The fourth-order valence-electron chi connectivity index (χ4n) is 2.49. The minimum absolute atomic E-state index is 0.210. The molecule has 0 spiro atoms. The fraction of sp³-hybridized carbons (Fsp3) is 0.150. The van der Waals surface area contributed by atoms with Crippen molar-refractivity contribution >= 4 is 22.7 Å². The van der Waals surface area contributed by atoms with Gasteiger partial charge in [-0.05, 0) is 50.2 Å². The van der Waals surface area contributed by atoms with Crippen LogP contribution in [0.25, 0.3) is 11.0 Å². The Balaban J connectivity index is 1.82. The number of ether oxygens (including phenoxy) is 1. The number of rotatable bonds is 4. The van der Waals surface area contributed by atoms with Gasteiger partial charge in [0, 0.05) is 11.6 Å². The van der Waals surface area contributed by atoms with Gasteiger partial charge in [0.05, 0.1) is 5.39 Å². The van der Waals surface area contributed by atoms with E-state index < -0.39 is 23.7 Å². The molecule has 132 valence electrons. The summed E-state index contributed by atoms with van der Waals surface area (Å²) in [6, 6.07) is 11.0. The number of esters is 1. The molecule has 0 N–H and O–H groups in total. The number of hydrogen-bond acceptors (Lipinski definition) is 5. The van der Waals surface area contributed by atoms with E-state index in [0.717, 1.165) is 23.8 Å². The molecule has 3 rings (SSSR count). The zero-order valence-corrected chi connectivity index (χ0v) is 14.1. The first kappa shape index (κ1) is 17.5. The van der Waals surface area contributed by atoms with Crippen LogP contribution in [0, 0.1) is 12.7 Å². The molecular weight excluding hydrogens is 339 g/mol. The summed E-state index contributed by atoms with van der Waals surface area (Å²) in [6.45, 7) is 3.23. The number of fused-ring (bicyclic) bond motifs is 1. The zero-order chi connectivity index (χ0) is 18.8. The lowest BCUT2D eigenvalue weighted by Crippen LogP contribution is -2.25. The summed E-state index contributed by atoms with van der Waals surface area (Å²) in [5.41, 5.74) is 0.979. The number of halogens is 1. The van der Waals surface area contributed by atoms with Crippen molar-refractivity contribution in [2.24, 2.45) is 0 Å². The van der Waals surface area contributed by atoms with Crippen LogP contribution in [0.1, 0.15) is 33.4 Å². The maximum Gasteiger partial charge on any atom is 0.375 e. The van der Waals surface area contributed by atoms with Crippen LogP contribution in [0.5, 0.6) is 0 Å². The summed E-state index contributed by atoms with van der Waals surface area (Å²) in [7, 11) is 0. The molecule has 5 nitrogen and oxygen atoms in total. The van der Waals surface area contributed by atoms with Gasteiger partial charge >= 0.3 is 5.97 Å². The minimum atomic E-state index is -1.12. The van der Waals surface area contributed by atoms with Gasteiger partial charge in [-0.2, -0.15) is 0 Å². The van der Waals surface area contributed by atoms with E-state index >= 15 is 0 Å². The molecule has 0 amide bonds. The predicted molar refractivity (Wildman–Crippen MR) is 92.8 cm³/mol. The molecule has 0 saturated carbocycles. The molecule has 0 unspecified atom stereocenters. The highest BCUT2D eigenvalue weighted by molar-refractivity contribution is 6.01. The molecule has 26 heavy (non-hydrogen) atoms. The highest BCUT2D eigenvalue weighted by Gasteiger charge is 2.22. The van der Waals surface area contributed by atoms with Gasteiger partial charge in [-0.25, -0.2) is 9.18 Å². The second kappa shape index (κ2) is 6.92. The lowest BCUT2D eigenvalue weighted by Gasteiger charge is -2.12. The Hall–Kier alpha value is -3.28. The molecule has 0 saturated heterocycles. The molecule has 1 aromatic heterocycles. The number of Topliss-reactive ketones (excluding diaryl/α,β-unsaturated/α-hetero) is 1. The predicted octanol–water partition coefficient (Wildman–Crippen LogP) is 3.67. The highest BCUT2D eigenvalue weighted by Crippen LogP contribution is 2.16. The minimum Gasteiger partial charge on any atom is -0.449 e. The number of ketones is 1. The van der Waals surface area contributed by atoms with Crippen LogP contribution >= 0.6 is 0 Å². The Labute approximate surface area is 148 Å². The van der Waals surface area contributed by atoms with Gasteiger partial charge in [0.15, 0.2) is 11.5 Å². The smallest absolute Gasteiger partial charge is 0.375 e. The highest BCUT2D eigenvalue weighted by atomic mass is 19.1. The normalized spacial score (nSPS) is 12.0. The van der Waals surface area contributed by atoms with Crippen molar-refractivity contribution in [3.8, 4) is 0 Å². The van der Waals surface area contributed by atoms with Gasteiger partial charge in [-0.15, -0.1) is 0 Å². The van der Waals surface area contributed by atoms with Gasteiger partial charge in [0.1, 0.15) is 11.4 Å². The Morgan fingerprint density at radius 1 is 1.08 bits per heavy atom. The van der Waals surface area contributed by atoms with Gasteiger partial charge in [0.2, 0.25) is 11.5 Å². The number of carbonyl (C=O) groups is 2. The largest absolute Gasteiger partial charge is 0.449 e. The van der Waals surface area contributed by atoms with Crippen molar-refractivity contribution in [3.63, 3.8) is 0 Å². The molecular formula is C20H15FO5. The van der Waals surface area contributed by atoms with E-state index in [-0.39, 0.29) is 22.3 Å². The maximum absolute atomic E-state index is 12.9. The lowest BCUT2D eigenvalue weighted by atomic mass is 10.1. The zero-order valence-electron chi connectivity index (χ0n) is 14.1. The average Bonchev–Trinajstić information content (AvgIpc) is 2.62. The van der Waals surface area contributed by atoms with Crippen LogP contribution in [0.3, 0.4) is 0 Å². The summed E-state index contributed by atoms with van der Waals surface area (Å²) in [5.74, 6) is -2.17. The van der Waals surface area contributed by atoms with E-state index in [9.17, 15) is 18.8 Å². The first-order valence-corrected chi connectivity index (χ1v) is 7.90. The fourth-order valence-corrected chi connectivity index (χ4v) is 2.49. The molecule has 2 aromatic carbocycles. The second-order valence-electron chi connectivity index (χ2n) is 5.89. The van der Waals surface area contributed by atoms with Crippen molar-refractivity contribution in [2.45, 2.75) is 20.0 Å². The van der Waals surface area contributed by atoms with Crippen molar-refractivity contribution in [1.29, 1.82) is 0 Å². The average molecular weight is 354 g/mol. The van der Waals surface area contributed by atoms with E-state index in [1.54, 1.807) is 18.2 Å². The molecule has 1 heterocycles. The van der Waals surface area contributed by atoms with Gasteiger partial charge in [-0.3, -0.25) is 9.59 Å². The first-order valence-electron chi connectivity index (χ1n) is 7.90. The summed E-state index contributed by atoms with van der Waals surface area (Å²) in [5, 5.41) is 0.358. The number of benzene rings is 2. The van der Waals surface area contributed by atoms with Crippen molar-refractivity contribution < 1.29 is 23.1 Å². The van der Waals surface area contributed by atoms with Crippen molar-refractivity contribution in [1.82, 2.24) is 0 Å². The van der Waals surface area contributed by atoms with Gasteiger partial charge in [0.25, 0.3) is 0 Å². The van der Waals surface area contributed by atoms with E-state index in [4.69, 9.17) is 9.15 Å². The number of aryl methyl sites for hydroxylation is 1. The van der Waals surface area contributed by atoms with Crippen LogP contribution in [-0.2, 0) is 4.74 Å². The molecule has 0 radical (unpaired) electrons. The monoisotopic (exact) mass is 354 g/mol. The molecule has 3 aromatic rings. The Kier molecular flexibility index (Phi) is 4.67. The molecule has 0 bridgehead atoms. The Morgan fingerprint density at radius 2 is 1.77 bits per heavy atom. The van der Waals surface area contributed by atoms with Crippen LogP contribution in [-0.4, -0.2) is 17.9 Å². The Morgan fingerprint density at radius 3 is 2.46 bits per heavy atom. The van der Waals surface area contributed by atoms with Gasteiger partial charge in [-0.1, -0.05) is 11.6 Å². The molecule has 0 fully saturated rings. The maximum atomic E-state index is 12.9. The number of hydrogen-bond donors (Lipinski definition) is 0. The number of carbonyl (C=O) groups excluding carboxylic acids is 2. The quantitative estimate of drug-likeness (QED) is 0.528. The first-order chi connectivity index (χ1) is 12.3. The van der Waals surface area contributed by atoms with E-state index in [1.165, 1.54) is 19.1 Å². The summed E-state index contributed by atoms with van der Waals surface area (Å²) < 4.78 is 23.5. The van der Waals surface area contributed by atoms with Crippen molar-refractivity contribution in [3.05, 3.63) is 81.5 Å². The van der Waals surface area contributed by atoms with E-state index in [1.807, 2.05) is 6.92 Å². The van der Waals surface area contributed by atoms with Crippen molar-refractivity contribution in [2.75, 3.05) is 0 Å². The molecule has 0 aliphatic heterocycles. The Bertz CT molecular complexity index is 1050. The third kappa shape index (κ3) is 3.54. The van der Waals surface area contributed by atoms with Crippen LogP contribution < -0.4 is 5.43 Å². The van der Waals surface area contributed by atoms with E-state index in [2.05, 4.69) is 0 Å². The van der Waals surface area contributed by atoms with E-state index in [0.29, 0.717) is 5.39 Å².